The van der Waals surface area contributed by atoms with Gasteiger partial charge in [-0.05, 0) is 49.1 Å². The van der Waals surface area contributed by atoms with E-state index in [0.717, 1.165) is 37.6 Å². The van der Waals surface area contributed by atoms with Crippen molar-refractivity contribution in [2.45, 2.75) is 45.6 Å². The first-order chi connectivity index (χ1) is 14.5. The Hall–Kier alpha value is -1.71. The third kappa shape index (κ3) is 8.38. The quantitative estimate of drug-likeness (QED) is 0.317. The number of morpholine rings is 1. The van der Waals surface area contributed by atoms with Crippen LogP contribution in [0.25, 0.3) is 0 Å². The summed E-state index contributed by atoms with van der Waals surface area (Å²) in [5, 5.41) is 6.71. The van der Waals surface area contributed by atoms with Gasteiger partial charge in [0.25, 0.3) is 0 Å². The average molecular weight is 540 g/mol. The van der Waals surface area contributed by atoms with Crippen molar-refractivity contribution in [3.05, 3.63) is 71.0 Å². The topological polar surface area (TPSA) is 48.9 Å². The molecule has 5 nitrogen and oxygen atoms in total. The molecule has 170 valence electrons. The summed E-state index contributed by atoms with van der Waals surface area (Å²) in [6, 6.07) is 15.2. The number of hydrogen-bond donors (Lipinski definition) is 2. The fourth-order valence-corrected chi connectivity index (χ4v) is 3.96. The van der Waals surface area contributed by atoms with Crippen molar-refractivity contribution >= 4 is 29.9 Å². The van der Waals surface area contributed by atoms with Gasteiger partial charge >= 0.3 is 0 Å². The number of ether oxygens (including phenoxy) is 1. The molecule has 2 N–H and O–H groups in total. The number of halogens is 2. The molecule has 1 saturated heterocycles. The van der Waals surface area contributed by atoms with E-state index in [9.17, 15) is 4.39 Å². The zero-order chi connectivity index (χ0) is 21.3. The molecule has 1 heterocycles. The third-order valence-electron chi connectivity index (χ3n) is 5.27. The molecule has 3 rings (SSSR count). The maximum absolute atomic E-state index is 13.3. The zero-order valence-electron chi connectivity index (χ0n) is 18.6. The molecular weight excluding hydrogens is 506 g/mol. The second kappa shape index (κ2) is 13.0. The van der Waals surface area contributed by atoms with E-state index in [1.54, 1.807) is 19.2 Å². The summed E-state index contributed by atoms with van der Waals surface area (Å²) in [4.78, 5) is 6.77. The van der Waals surface area contributed by atoms with Gasteiger partial charge in [0.1, 0.15) is 5.82 Å². The minimum atomic E-state index is -0.198. The van der Waals surface area contributed by atoms with Gasteiger partial charge in [0.2, 0.25) is 0 Å². The minimum Gasteiger partial charge on any atom is -0.373 e. The maximum Gasteiger partial charge on any atom is 0.191 e. The van der Waals surface area contributed by atoms with E-state index in [1.807, 2.05) is 6.07 Å². The van der Waals surface area contributed by atoms with Gasteiger partial charge in [0.05, 0.1) is 12.2 Å². The highest BCUT2D eigenvalue weighted by atomic mass is 127. The van der Waals surface area contributed by atoms with E-state index < -0.39 is 0 Å². The van der Waals surface area contributed by atoms with Gasteiger partial charge < -0.3 is 15.4 Å². The van der Waals surface area contributed by atoms with Crippen LogP contribution < -0.4 is 10.6 Å². The average Bonchev–Trinajstić information content (AvgIpc) is 2.71. The summed E-state index contributed by atoms with van der Waals surface area (Å²) in [5.41, 5.74) is 3.55. The molecule has 2 unspecified atom stereocenters. The summed E-state index contributed by atoms with van der Waals surface area (Å²) in [6.45, 7) is 8.48. The number of hydrogen-bond acceptors (Lipinski definition) is 3. The van der Waals surface area contributed by atoms with Gasteiger partial charge in [-0.3, -0.25) is 9.89 Å². The first-order valence-corrected chi connectivity index (χ1v) is 10.7. The van der Waals surface area contributed by atoms with Crippen molar-refractivity contribution in [2.24, 2.45) is 4.99 Å². The van der Waals surface area contributed by atoms with Crippen LogP contribution >= 0.6 is 24.0 Å². The first kappa shape index (κ1) is 25.5. The lowest BCUT2D eigenvalue weighted by Crippen LogP contribution is -2.45. The maximum atomic E-state index is 13.3. The van der Waals surface area contributed by atoms with Crippen LogP contribution in [0.4, 0.5) is 4.39 Å². The number of nitrogens with one attached hydrogen (secondary N) is 2. The summed E-state index contributed by atoms with van der Waals surface area (Å²) in [7, 11) is 1.76. The van der Waals surface area contributed by atoms with Crippen molar-refractivity contribution in [3.8, 4) is 0 Å². The van der Waals surface area contributed by atoms with Crippen molar-refractivity contribution in [3.63, 3.8) is 0 Å². The Labute approximate surface area is 202 Å². The molecule has 1 fully saturated rings. The van der Waals surface area contributed by atoms with E-state index in [2.05, 4.69) is 58.6 Å². The van der Waals surface area contributed by atoms with E-state index >= 15 is 0 Å². The Bertz CT molecular complexity index is 838. The Morgan fingerprint density at radius 1 is 1.06 bits per heavy atom. The number of rotatable bonds is 7. The molecule has 7 heteroatoms. The highest BCUT2D eigenvalue weighted by molar-refractivity contribution is 14.0. The van der Waals surface area contributed by atoms with E-state index in [4.69, 9.17) is 4.74 Å². The van der Waals surface area contributed by atoms with Crippen molar-refractivity contribution in [1.82, 2.24) is 15.5 Å². The molecule has 0 radical (unpaired) electrons. The Morgan fingerprint density at radius 2 is 1.77 bits per heavy atom. The summed E-state index contributed by atoms with van der Waals surface area (Å²) >= 11 is 0. The second-order valence-electron chi connectivity index (χ2n) is 7.95. The Morgan fingerprint density at radius 3 is 2.45 bits per heavy atom. The molecule has 0 amide bonds. The lowest BCUT2D eigenvalue weighted by Gasteiger charge is -2.35. The molecule has 2 aromatic carbocycles. The fraction of sp³-hybridized carbons (Fsp3) is 0.458. The van der Waals surface area contributed by atoms with Gasteiger partial charge in [-0.25, -0.2) is 4.39 Å². The van der Waals surface area contributed by atoms with Gasteiger partial charge in [-0.2, -0.15) is 0 Å². The second-order valence-corrected chi connectivity index (χ2v) is 7.95. The highest BCUT2D eigenvalue weighted by Gasteiger charge is 2.22. The van der Waals surface area contributed by atoms with Crippen molar-refractivity contribution in [1.29, 1.82) is 0 Å². The summed E-state index contributed by atoms with van der Waals surface area (Å²) in [5.74, 6) is 0.547. The van der Waals surface area contributed by atoms with Gasteiger partial charge in [0.15, 0.2) is 5.96 Å². The predicted octanol–water partition coefficient (Wildman–Crippen LogP) is 3.96. The molecule has 0 bridgehead atoms. The molecule has 2 atom stereocenters. The van der Waals surface area contributed by atoms with Gasteiger partial charge in [-0.1, -0.05) is 36.4 Å². The standard InChI is InChI=1S/C24H33FN4O.HI/c1-18-15-29(16-19(2)30-18)17-22-9-5-4-8-21(22)14-28-24(26-3)27-12-11-20-7-6-10-23(25)13-20;/h4-10,13,18-19H,11-12,14-17H2,1-3H3,(H2,26,27,28);1H. The molecule has 31 heavy (non-hydrogen) atoms. The summed E-state index contributed by atoms with van der Waals surface area (Å²) in [6.07, 6.45) is 1.27. The highest BCUT2D eigenvalue weighted by Crippen LogP contribution is 2.17. The number of nitrogens with zero attached hydrogens (tertiary/aromatic N) is 2. The summed E-state index contributed by atoms with van der Waals surface area (Å²) < 4.78 is 19.2. The normalized spacial score (nSPS) is 19.5. The van der Waals surface area contributed by atoms with Gasteiger partial charge in [-0.15, -0.1) is 24.0 Å². The van der Waals surface area contributed by atoms with Crippen LogP contribution in [-0.2, 0) is 24.2 Å². The number of aliphatic imine (C=N–C) groups is 1. The Kier molecular flexibility index (Phi) is 10.7. The SMILES string of the molecule is CN=C(NCCc1cccc(F)c1)NCc1ccccc1CN1CC(C)OC(C)C1.I. The molecule has 0 aliphatic carbocycles. The molecule has 1 aliphatic heterocycles. The van der Waals surface area contributed by atoms with E-state index in [0.29, 0.717) is 13.1 Å². The fourth-order valence-electron chi connectivity index (χ4n) is 3.96. The van der Waals surface area contributed by atoms with Crippen LogP contribution in [0.15, 0.2) is 53.5 Å². The smallest absolute Gasteiger partial charge is 0.191 e. The Balaban J connectivity index is 0.00000341. The van der Waals surface area contributed by atoms with Crippen LogP contribution in [0.2, 0.25) is 0 Å². The van der Waals surface area contributed by atoms with Crippen molar-refractivity contribution in [2.75, 3.05) is 26.7 Å². The van der Waals surface area contributed by atoms with Crippen LogP contribution in [0, 0.1) is 5.82 Å². The number of guanidine groups is 1. The molecule has 1 aliphatic rings. The third-order valence-corrected chi connectivity index (χ3v) is 5.27. The van der Waals surface area contributed by atoms with Crippen LogP contribution in [0.1, 0.15) is 30.5 Å². The molecule has 0 spiro atoms. The lowest BCUT2D eigenvalue weighted by atomic mass is 10.1. The zero-order valence-corrected chi connectivity index (χ0v) is 20.9. The minimum absolute atomic E-state index is 0. The van der Waals surface area contributed by atoms with E-state index in [1.165, 1.54) is 17.2 Å². The van der Waals surface area contributed by atoms with Crippen LogP contribution in [0.5, 0.6) is 0 Å². The molecule has 2 aromatic rings. The van der Waals surface area contributed by atoms with E-state index in [-0.39, 0.29) is 42.0 Å². The van der Waals surface area contributed by atoms with Crippen molar-refractivity contribution < 1.29 is 9.13 Å². The number of benzene rings is 2. The largest absolute Gasteiger partial charge is 0.373 e. The van der Waals surface area contributed by atoms with Gasteiger partial charge in [0, 0.05) is 39.8 Å². The predicted molar refractivity (Wildman–Crippen MR) is 135 cm³/mol. The monoisotopic (exact) mass is 540 g/mol. The lowest BCUT2D eigenvalue weighted by molar-refractivity contribution is -0.0705. The van der Waals surface area contributed by atoms with Crippen LogP contribution in [-0.4, -0.2) is 49.7 Å². The van der Waals surface area contributed by atoms with Crippen LogP contribution in [0.3, 0.4) is 0 Å². The molecular formula is C24H34FIN4O. The molecule has 0 saturated carbocycles. The first-order valence-electron chi connectivity index (χ1n) is 10.7. The molecule has 0 aromatic heterocycles.